The van der Waals surface area contributed by atoms with Crippen LogP contribution < -0.4 is 5.32 Å². The van der Waals surface area contributed by atoms with Crippen LogP contribution in [0.25, 0.3) is 11.1 Å². The Morgan fingerprint density at radius 1 is 1.38 bits per heavy atom. The molecule has 5 heteroatoms. The lowest BCUT2D eigenvalue weighted by Gasteiger charge is -2.32. The molecule has 1 heterocycles. The zero-order valence-electron chi connectivity index (χ0n) is 12.3. The molecule has 21 heavy (non-hydrogen) atoms. The molecule has 1 aromatic heterocycles. The molecule has 1 aliphatic carbocycles. The third kappa shape index (κ3) is 2.86. The predicted molar refractivity (Wildman–Crippen MR) is 80.6 cm³/mol. The Kier molecular flexibility index (Phi) is 3.57. The summed E-state index contributed by atoms with van der Waals surface area (Å²) in [4.78, 5) is 15.4. The minimum Gasteiger partial charge on any atom is -0.478 e. The number of carbonyl (C=O) groups is 1. The van der Waals surface area contributed by atoms with Crippen LogP contribution in [-0.4, -0.2) is 22.1 Å². The lowest BCUT2D eigenvalue weighted by atomic mass is 9.80. The molecule has 0 aliphatic heterocycles. The average molecular weight is 288 g/mol. The molecule has 0 radical (unpaired) electrons. The maximum absolute atomic E-state index is 11.0. The van der Waals surface area contributed by atoms with Crippen molar-refractivity contribution in [1.29, 1.82) is 0 Å². The van der Waals surface area contributed by atoms with Gasteiger partial charge in [0.15, 0.2) is 5.58 Å². The van der Waals surface area contributed by atoms with E-state index in [1.165, 1.54) is 18.9 Å². The van der Waals surface area contributed by atoms with Crippen molar-refractivity contribution in [3.05, 3.63) is 23.8 Å². The monoisotopic (exact) mass is 288 g/mol. The summed E-state index contributed by atoms with van der Waals surface area (Å²) in [7, 11) is 0. The summed E-state index contributed by atoms with van der Waals surface area (Å²) in [5.74, 6) is 0.399. The van der Waals surface area contributed by atoms with Crippen LogP contribution >= 0.6 is 0 Å². The van der Waals surface area contributed by atoms with E-state index in [-0.39, 0.29) is 5.56 Å². The van der Waals surface area contributed by atoms with Gasteiger partial charge in [0, 0.05) is 6.04 Å². The number of anilines is 1. The maximum Gasteiger partial charge on any atom is 0.335 e. The van der Waals surface area contributed by atoms with E-state index in [2.05, 4.69) is 24.1 Å². The van der Waals surface area contributed by atoms with Crippen molar-refractivity contribution in [3.8, 4) is 0 Å². The van der Waals surface area contributed by atoms with E-state index in [1.807, 2.05) is 0 Å². The first-order chi connectivity index (χ1) is 10.0. The van der Waals surface area contributed by atoms with E-state index in [9.17, 15) is 4.79 Å². The highest BCUT2D eigenvalue weighted by atomic mass is 16.4. The Morgan fingerprint density at radius 2 is 2.19 bits per heavy atom. The van der Waals surface area contributed by atoms with Crippen LogP contribution in [0.2, 0.25) is 0 Å². The van der Waals surface area contributed by atoms with Crippen molar-refractivity contribution in [2.45, 2.75) is 39.2 Å². The molecule has 1 saturated carbocycles. The molecule has 3 unspecified atom stereocenters. The minimum atomic E-state index is -0.960. The van der Waals surface area contributed by atoms with Crippen LogP contribution in [0.3, 0.4) is 0 Å². The number of carboxylic acids is 1. The lowest BCUT2D eigenvalue weighted by Crippen LogP contribution is -2.33. The summed E-state index contributed by atoms with van der Waals surface area (Å²) in [5, 5.41) is 12.4. The molecule has 3 rings (SSSR count). The molecule has 5 nitrogen and oxygen atoms in total. The van der Waals surface area contributed by atoms with Gasteiger partial charge in [-0.2, -0.15) is 4.98 Å². The van der Waals surface area contributed by atoms with E-state index in [0.29, 0.717) is 29.1 Å². The number of aromatic nitrogens is 1. The highest BCUT2D eigenvalue weighted by molar-refractivity contribution is 5.92. The summed E-state index contributed by atoms with van der Waals surface area (Å²) in [5.41, 5.74) is 1.40. The molecular weight excluding hydrogens is 268 g/mol. The standard InChI is InChI=1S/C16H20N2O3/c1-9-3-5-12(10(2)7-9)17-16-18-13-6-4-11(15(19)20)8-14(13)21-16/h4,6,8-10,12H,3,5,7H2,1-2H3,(H,17,18)(H,19,20). The summed E-state index contributed by atoms with van der Waals surface area (Å²) in [6.45, 7) is 4.54. The van der Waals surface area contributed by atoms with Gasteiger partial charge >= 0.3 is 5.97 Å². The second kappa shape index (κ2) is 5.39. The van der Waals surface area contributed by atoms with Gasteiger partial charge in [0.2, 0.25) is 0 Å². The van der Waals surface area contributed by atoms with Crippen molar-refractivity contribution in [2.24, 2.45) is 11.8 Å². The van der Waals surface area contributed by atoms with Crippen LogP contribution in [-0.2, 0) is 0 Å². The Bertz CT molecular complexity index is 665. The number of hydrogen-bond acceptors (Lipinski definition) is 4. The number of fused-ring (bicyclic) bond motifs is 1. The molecule has 1 fully saturated rings. The normalized spacial score (nSPS) is 25.9. The maximum atomic E-state index is 11.0. The molecule has 0 amide bonds. The van der Waals surface area contributed by atoms with Gasteiger partial charge in [0.1, 0.15) is 5.52 Å². The summed E-state index contributed by atoms with van der Waals surface area (Å²) >= 11 is 0. The fourth-order valence-corrected chi connectivity index (χ4v) is 3.16. The van der Waals surface area contributed by atoms with Crippen LogP contribution in [0.15, 0.2) is 22.6 Å². The van der Waals surface area contributed by atoms with Gasteiger partial charge in [0.05, 0.1) is 5.56 Å². The third-order valence-corrected chi connectivity index (χ3v) is 4.38. The fourth-order valence-electron chi connectivity index (χ4n) is 3.16. The number of nitrogens with zero attached hydrogens (tertiary/aromatic N) is 1. The first-order valence-electron chi connectivity index (χ1n) is 7.43. The zero-order chi connectivity index (χ0) is 15.0. The molecule has 2 N–H and O–H groups in total. The van der Waals surface area contributed by atoms with Crippen molar-refractivity contribution < 1.29 is 14.3 Å². The highest BCUT2D eigenvalue weighted by Crippen LogP contribution is 2.31. The molecule has 0 bridgehead atoms. The number of carboxylic acid groups (broad SMARTS) is 1. The molecular formula is C16H20N2O3. The van der Waals surface area contributed by atoms with Gasteiger partial charge in [-0.3, -0.25) is 0 Å². The molecule has 1 aromatic carbocycles. The quantitative estimate of drug-likeness (QED) is 0.899. The summed E-state index contributed by atoms with van der Waals surface area (Å²) < 4.78 is 5.65. The Morgan fingerprint density at radius 3 is 2.90 bits per heavy atom. The minimum absolute atomic E-state index is 0.213. The van der Waals surface area contributed by atoms with E-state index >= 15 is 0 Å². The first-order valence-corrected chi connectivity index (χ1v) is 7.43. The fraction of sp³-hybridized carbons (Fsp3) is 0.500. The van der Waals surface area contributed by atoms with Crippen molar-refractivity contribution >= 4 is 23.1 Å². The van der Waals surface area contributed by atoms with Crippen LogP contribution in [0.5, 0.6) is 0 Å². The Balaban J connectivity index is 1.80. The van der Waals surface area contributed by atoms with Crippen LogP contribution in [0.4, 0.5) is 6.01 Å². The predicted octanol–water partition coefficient (Wildman–Crippen LogP) is 3.76. The number of rotatable bonds is 3. The van der Waals surface area contributed by atoms with E-state index < -0.39 is 5.97 Å². The van der Waals surface area contributed by atoms with Crippen molar-refractivity contribution in [2.75, 3.05) is 5.32 Å². The van der Waals surface area contributed by atoms with Crippen LogP contribution in [0, 0.1) is 11.8 Å². The molecule has 0 saturated heterocycles. The van der Waals surface area contributed by atoms with E-state index in [0.717, 1.165) is 12.3 Å². The average Bonchev–Trinajstić information content (AvgIpc) is 2.83. The molecule has 112 valence electrons. The van der Waals surface area contributed by atoms with E-state index in [4.69, 9.17) is 9.52 Å². The van der Waals surface area contributed by atoms with Crippen LogP contribution in [0.1, 0.15) is 43.5 Å². The zero-order valence-corrected chi connectivity index (χ0v) is 12.3. The molecule has 1 aliphatic rings. The largest absolute Gasteiger partial charge is 0.478 e. The van der Waals surface area contributed by atoms with Gasteiger partial charge in [0.25, 0.3) is 6.01 Å². The van der Waals surface area contributed by atoms with Gasteiger partial charge in [-0.1, -0.05) is 13.8 Å². The van der Waals surface area contributed by atoms with Gasteiger partial charge in [-0.15, -0.1) is 0 Å². The van der Waals surface area contributed by atoms with Gasteiger partial charge in [-0.05, 0) is 49.3 Å². The number of benzene rings is 1. The first kappa shape index (κ1) is 13.9. The van der Waals surface area contributed by atoms with Gasteiger partial charge in [-0.25, -0.2) is 4.79 Å². The van der Waals surface area contributed by atoms with Crippen molar-refractivity contribution in [1.82, 2.24) is 4.98 Å². The summed E-state index contributed by atoms with van der Waals surface area (Å²) in [6, 6.07) is 5.59. The number of aromatic carboxylic acids is 1. The molecule has 0 spiro atoms. The topological polar surface area (TPSA) is 75.4 Å². The third-order valence-electron chi connectivity index (χ3n) is 4.38. The number of hydrogen-bond donors (Lipinski definition) is 2. The van der Waals surface area contributed by atoms with E-state index in [1.54, 1.807) is 12.1 Å². The second-order valence-electron chi connectivity index (χ2n) is 6.15. The SMILES string of the molecule is CC1CCC(Nc2nc3ccc(C(=O)O)cc3o2)C(C)C1. The number of nitrogens with one attached hydrogen (secondary N) is 1. The molecule has 3 atom stereocenters. The van der Waals surface area contributed by atoms with Crippen molar-refractivity contribution in [3.63, 3.8) is 0 Å². The second-order valence-corrected chi connectivity index (χ2v) is 6.15. The number of oxazole rings is 1. The van der Waals surface area contributed by atoms with Gasteiger partial charge < -0.3 is 14.8 Å². The highest BCUT2D eigenvalue weighted by Gasteiger charge is 2.26. The lowest BCUT2D eigenvalue weighted by molar-refractivity contribution is 0.0697. The Labute approximate surface area is 123 Å². The molecule has 2 aromatic rings. The Hall–Kier alpha value is -2.04. The summed E-state index contributed by atoms with van der Waals surface area (Å²) in [6.07, 6.45) is 3.54. The smallest absolute Gasteiger partial charge is 0.335 e.